The maximum absolute atomic E-state index is 13.2. The molecule has 0 spiro atoms. The maximum atomic E-state index is 13.2. The van der Waals surface area contributed by atoms with Gasteiger partial charge in [0.15, 0.2) is 0 Å². The number of fused-ring (bicyclic) bond motifs is 1. The molecule has 5 nitrogen and oxygen atoms in total. The van der Waals surface area contributed by atoms with Gasteiger partial charge < -0.3 is 10.0 Å². The van der Waals surface area contributed by atoms with Gasteiger partial charge in [-0.2, -0.15) is 5.26 Å². The molecule has 0 aromatic heterocycles. The Bertz CT molecular complexity index is 1190. The second-order valence-electron chi connectivity index (χ2n) is 9.60. The predicted octanol–water partition coefficient (Wildman–Crippen LogP) is 4.22. The lowest BCUT2D eigenvalue weighted by atomic mass is 9.74. The Labute approximate surface area is 207 Å². The highest BCUT2D eigenvalue weighted by molar-refractivity contribution is 5.79. The molecule has 2 heterocycles. The van der Waals surface area contributed by atoms with Gasteiger partial charge in [0.05, 0.1) is 24.7 Å². The summed E-state index contributed by atoms with van der Waals surface area (Å²) in [5.41, 5.74) is 5.09. The number of nitrogens with zero attached hydrogens (tertiary/aromatic N) is 3. The van der Waals surface area contributed by atoms with E-state index in [-0.39, 0.29) is 30.5 Å². The number of hydrogen-bond acceptors (Lipinski definition) is 4. The number of amides is 1. The van der Waals surface area contributed by atoms with Gasteiger partial charge in [0.25, 0.3) is 0 Å². The number of carbonyl (C=O) groups excluding carboxylic acids is 1. The van der Waals surface area contributed by atoms with Crippen LogP contribution in [0.1, 0.15) is 35.4 Å². The molecule has 0 saturated carbocycles. The SMILES string of the molecule is N#Cc1ccc(-c2ccc([C@H]3[C@H]4CN(C(=O)Cc5ccccc5)CCCCN4[C@H]3CO)cc2)cc1. The standard InChI is InChI=1S/C30H31N3O2/c31-19-23-8-10-24(11-9-23)25-12-14-26(15-13-25)30-27-20-32(16-4-5-17-33(27)28(30)21-34)29(35)18-22-6-2-1-3-7-22/h1-3,6-15,27-28,30,34H,4-5,16-18,20-21H2/t27-,28+,30+/m1/s1. The monoisotopic (exact) mass is 465 g/mol. The molecule has 2 fully saturated rings. The molecule has 1 N–H and O–H groups in total. The second kappa shape index (κ2) is 10.4. The molecule has 5 heteroatoms. The molecule has 1 amide bonds. The average Bonchev–Trinajstić information content (AvgIpc) is 2.89. The Morgan fingerprint density at radius 2 is 1.57 bits per heavy atom. The van der Waals surface area contributed by atoms with Crippen LogP contribution in [0.3, 0.4) is 0 Å². The van der Waals surface area contributed by atoms with E-state index >= 15 is 0 Å². The summed E-state index contributed by atoms with van der Waals surface area (Å²) < 4.78 is 0. The summed E-state index contributed by atoms with van der Waals surface area (Å²) in [4.78, 5) is 17.6. The lowest BCUT2D eigenvalue weighted by molar-refractivity contribution is -0.135. The van der Waals surface area contributed by atoms with Gasteiger partial charge in [0.2, 0.25) is 5.91 Å². The largest absolute Gasteiger partial charge is 0.395 e. The topological polar surface area (TPSA) is 67.6 Å². The molecule has 0 aliphatic carbocycles. The van der Waals surface area contributed by atoms with E-state index in [1.165, 1.54) is 5.56 Å². The van der Waals surface area contributed by atoms with Crippen LogP contribution >= 0.6 is 0 Å². The van der Waals surface area contributed by atoms with Crippen LogP contribution in [-0.4, -0.2) is 59.1 Å². The van der Waals surface area contributed by atoms with Crippen molar-refractivity contribution in [2.24, 2.45) is 0 Å². The molecule has 3 aromatic rings. The normalized spacial score (nSPS) is 22.3. The summed E-state index contributed by atoms with van der Waals surface area (Å²) >= 11 is 0. The van der Waals surface area contributed by atoms with Crippen molar-refractivity contribution in [1.82, 2.24) is 9.80 Å². The van der Waals surface area contributed by atoms with E-state index in [0.29, 0.717) is 18.5 Å². The summed E-state index contributed by atoms with van der Waals surface area (Å²) in [6.07, 6.45) is 2.46. The molecule has 0 radical (unpaired) electrons. The maximum Gasteiger partial charge on any atom is 0.227 e. The van der Waals surface area contributed by atoms with Crippen molar-refractivity contribution in [3.63, 3.8) is 0 Å². The molecule has 0 bridgehead atoms. The van der Waals surface area contributed by atoms with Crippen molar-refractivity contribution in [1.29, 1.82) is 5.26 Å². The fraction of sp³-hybridized carbons (Fsp3) is 0.333. The average molecular weight is 466 g/mol. The quantitative estimate of drug-likeness (QED) is 0.613. The zero-order valence-corrected chi connectivity index (χ0v) is 19.9. The number of nitriles is 1. The molecule has 178 valence electrons. The van der Waals surface area contributed by atoms with Crippen molar-refractivity contribution in [3.05, 3.63) is 95.6 Å². The number of aliphatic hydroxyl groups is 1. The number of carbonyl (C=O) groups is 1. The van der Waals surface area contributed by atoms with Gasteiger partial charge in [0, 0.05) is 31.1 Å². The van der Waals surface area contributed by atoms with Gasteiger partial charge in [-0.25, -0.2) is 0 Å². The lowest BCUT2D eigenvalue weighted by Gasteiger charge is -2.57. The fourth-order valence-electron chi connectivity index (χ4n) is 5.68. The third-order valence-corrected chi connectivity index (χ3v) is 7.56. The highest BCUT2D eigenvalue weighted by Crippen LogP contribution is 2.42. The first-order chi connectivity index (χ1) is 17.2. The van der Waals surface area contributed by atoms with Crippen molar-refractivity contribution >= 4 is 5.91 Å². The first-order valence-corrected chi connectivity index (χ1v) is 12.5. The smallest absolute Gasteiger partial charge is 0.227 e. The third-order valence-electron chi connectivity index (χ3n) is 7.56. The number of benzene rings is 3. The van der Waals surface area contributed by atoms with Gasteiger partial charge in [-0.15, -0.1) is 0 Å². The minimum Gasteiger partial charge on any atom is -0.395 e. The van der Waals surface area contributed by atoms with E-state index in [1.54, 1.807) is 0 Å². The Morgan fingerprint density at radius 3 is 2.23 bits per heavy atom. The lowest BCUT2D eigenvalue weighted by Crippen LogP contribution is -2.68. The van der Waals surface area contributed by atoms with Gasteiger partial charge in [-0.1, -0.05) is 66.7 Å². The van der Waals surface area contributed by atoms with Crippen LogP contribution in [0.15, 0.2) is 78.9 Å². The second-order valence-corrected chi connectivity index (χ2v) is 9.60. The van der Waals surface area contributed by atoms with Crippen molar-refractivity contribution < 1.29 is 9.90 Å². The molecule has 3 aromatic carbocycles. The Hall–Kier alpha value is -3.46. The van der Waals surface area contributed by atoms with E-state index in [1.807, 2.05) is 59.5 Å². The van der Waals surface area contributed by atoms with Crippen molar-refractivity contribution in [3.8, 4) is 17.2 Å². The summed E-state index contributed by atoms with van der Waals surface area (Å²) in [6.45, 7) is 2.58. The highest BCUT2D eigenvalue weighted by atomic mass is 16.3. The minimum atomic E-state index is 0.0879. The van der Waals surface area contributed by atoms with Gasteiger partial charge >= 0.3 is 0 Å². The molecule has 2 aliphatic heterocycles. The minimum absolute atomic E-state index is 0.0879. The Balaban J connectivity index is 1.34. The molecule has 35 heavy (non-hydrogen) atoms. The molecule has 3 atom stereocenters. The molecular weight excluding hydrogens is 434 g/mol. The van der Waals surface area contributed by atoms with Crippen LogP contribution in [-0.2, 0) is 11.2 Å². The van der Waals surface area contributed by atoms with Crippen LogP contribution in [0, 0.1) is 11.3 Å². The van der Waals surface area contributed by atoms with Crippen molar-refractivity contribution in [2.45, 2.75) is 37.3 Å². The number of aliphatic hydroxyl groups excluding tert-OH is 1. The van der Waals surface area contributed by atoms with E-state index in [0.717, 1.165) is 42.6 Å². The molecular formula is C30H31N3O2. The van der Waals surface area contributed by atoms with Crippen LogP contribution in [0.4, 0.5) is 0 Å². The van der Waals surface area contributed by atoms with E-state index in [2.05, 4.69) is 35.2 Å². The molecule has 5 rings (SSSR count). The van der Waals surface area contributed by atoms with E-state index in [9.17, 15) is 9.90 Å². The molecule has 0 unspecified atom stereocenters. The number of hydrogen-bond donors (Lipinski definition) is 1. The Kier molecular flexibility index (Phi) is 6.94. The van der Waals surface area contributed by atoms with Crippen LogP contribution < -0.4 is 0 Å². The molecule has 2 aliphatic rings. The first kappa shape index (κ1) is 23.3. The molecule has 2 saturated heterocycles. The van der Waals surface area contributed by atoms with E-state index < -0.39 is 0 Å². The van der Waals surface area contributed by atoms with Crippen LogP contribution in [0.5, 0.6) is 0 Å². The summed E-state index contributed by atoms with van der Waals surface area (Å²) in [5.74, 6) is 0.376. The first-order valence-electron chi connectivity index (χ1n) is 12.5. The fourth-order valence-corrected chi connectivity index (χ4v) is 5.68. The van der Waals surface area contributed by atoms with Gasteiger partial charge in [0.1, 0.15) is 0 Å². The third kappa shape index (κ3) is 4.86. The predicted molar refractivity (Wildman–Crippen MR) is 137 cm³/mol. The van der Waals surface area contributed by atoms with Crippen LogP contribution in [0.25, 0.3) is 11.1 Å². The number of rotatable bonds is 5. The van der Waals surface area contributed by atoms with Crippen LogP contribution in [0.2, 0.25) is 0 Å². The zero-order chi connectivity index (χ0) is 24.2. The summed E-state index contributed by atoms with van der Waals surface area (Å²) in [7, 11) is 0. The highest BCUT2D eigenvalue weighted by Gasteiger charge is 2.49. The zero-order valence-electron chi connectivity index (χ0n) is 19.9. The van der Waals surface area contributed by atoms with Gasteiger partial charge in [-0.3, -0.25) is 9.69 Å². The summed E-state index contributed by atoms with van der Waals surface area (Å²) in [6, 6.07) is 28.6. The van der Waals surface area contributed by atoms with Gasteiger partial charge in [-0.05, 0) is 53.8 Å². The van der Waals surface area contributed by atoms with Crippen molar-refractivity contribution in [2.75, 3.05) is 26.2 Å². The summed E-state index contributed by atoms with van der Waals surface area (Å²) in [5, 5.41) is 19.3. The van der Waals surface area contributed by atoms with E-state index in [4.69, 9.17) is 5.26 Å². The Morgan fingerprint density at radius 1 is 0.914 bits per heavy atom.